The second-order valence-corrected chi connectivity index (χ2v) is 5.41. The number of nitrogens with zero attached hydrogens (tertiary/aromatic N) is 2. The van der Waals surface area contributed by atoms with Crippen molar-refractivity contribution < 1.29 is 14.3 Å². The normalized spacial score (nSPS) is 15.2. The molecule has 0 unspecified atom stereocenters. The number of hydrogen-bond donors (Lipinski definition) is 1. The van der Waals surface area contributed by atoms with Gasteiger partial charge < -0.3 is 19.5 Å². The number of piperazine rings is 1. The van der Waals surface area contributed by atoms with Crippen LogP contribution in [0.5, 0.6) is 5.75 Å². The lowest BCUT2D eigenvalue weighted by Crippen LogP contribution is -2.50. The van der Waals surface area contributed by atoms with Crippen molar-refractivity contribution in [2.75, 3.05) is 33.3 Å². The van der Waals surface area contributed by atoms with Gasteiger partial charge in [0.2, 0.25) is 5.91 Å². The molecule has 116 valence electrons. The van der Waals surface area contributed by atoms with Crippen LogP contribution in [0, 0.1) is 0 Å². The van der Waals surface area contributed by atoms with Gasteiger partial charge in [-0.05, 0) is 12.1 Å². The van der Waals surface area contributed by atoms with Crippen molar-refractivity contribution in [2.45, 2.75) is 6.92 Å². The van der Waals surface area contributed by atoms with Crippen LogP contribution in [-0.2, 0) is 4.79 Å². The Bertz CT molecular complexity index is 714. The fourth-order valence-corrected chi connectivity index (χ4v) is 2.80. The number of benzene rings is 1. The topological polar surface area (TPSA) is 65.6 Å². The molecule has 0 radical (unpaired) electrons. The zero-order valence-corrected chi connectivity index (χ0v) is 12.8. The molecule has 2 heterocycles. The zero-order chi connectivity index (χ0) is 15.7. The van der Waals surface area contributed by atoms with Gasteiger partial charge in [0, 0.05) is 56.3 Å². The standard InChI is InChI=1S/C16H19N3O3/c1-11(20)18-5-7-19(8-6-18)16(21)14-10-17-15-9-12(22-2)3-4-13(14)15/h3-4,9-10,17H,5-8H2,1-2H3. The fourth-order valence-electron chi connectivity index (χ4n) is 2.80. The average molecular weight is 301 g/mol. The third-order valence-corrected chi connectivity index (χ3v) is 4.13. The molecule has 1 aliphatic rings. The van der Waals surface area contributed by atoms with E-state index in [1.807, 2.05) is 18.2 Å². The summed E-state index contributed by atoms with van der Waals surface area (Å²) >= 11 is 0. The van der Waals surface area contributed by atoms with Crippen molar-refractivity contribution in [3.8, 4) is 5.75 Å². The van der Waals surface area contributed by atoms with Crippen LogP contribution in [0.2, 0.25) is 0 Å². The lowest BCUT2D eigenvalue weighted by molar-refractivity contribution is -0.130. The highest BCUT2D eigenvalue weighted by Gasteiger charge is 2.24. The fraction of sp³-hybridized carbons (Fsp3) is 0.375. The number of carbonyl (C=O) groups is 2. The molecule has 1 aromatic heterocycles. The Kier molecular flexibility index (Phi) is 3.75. The minimum atomic E-state index is -0.000353. The summed E-state index contributed by atoms with van der Waals surface area (Å²) in [6, 6.07) is 5.62. The summed E-state index contributed by atoms with van der Waals surface area (Å²) in [7, 11) is 1.62. The van der Waals surface area contributed by atoms with Crippen molar-refractivity contribution in [3.05, 3.63) is 30.0 Å². The van der Waals surface area contributed by atoms with E-state index in [-0.39, 0.29) is 11.8 Å². The molecule has 1 saturated heterocycles. The number of carbonyl (C=O) groups excluding carboxylic acids is 2. The highest BCUT2D eigenvalue weighted by Crippen LogP contribution is 2.24. The highest BCUT2D eigenvalue weighted by atomic mass is 16.5. The summed E-state index contributed by atoms with van der Waals surface area (Å²) in [6.45, 7) is 3.89. The molecular weight excluding hydrogens is 282 g/mol. The molecule has 6 nitrogen and oxygen atoms in total. The lowest BCUT2D eigenvalue weighted by Gasteiger charge is -2.34. The summed E-state index contributed by atoms with van der Waals surface area (Å²) in [4.78, 5) is 30.7. The van der Waals surface area contributed by atoms with Gasteiger partial charge in [-0.2, -0.15) is 0 Å². The van der Waals surface area contributed by atoms with Gasteiger partial charge >= 0.3 is 0 Å². The van der Waals surface area contributed by atoms with E-state index in [2.05, 4.69) is 4.98 Å². The number of rotatable bonds is 2. The molecule has 2 amide bonds. The zero-order valence-electron chi connectivity index (χ0n) is 12.8. The highest BCUT2D eigenvalue weighted by molar-refractivity contribution is 6.07. The molecule has 1 aromatic carbocycles. The van der Waals surface area contributed by atoms with Gasteiger partial charge in [0.05, 0.1) is 12.7 Å². The van der Waals surface area contributed by atoms with Crippen LogP contribution in [-0.4, -0.2) is 59.9 Å². The Balaban J connectivity index is 1.80. The molecule has 0 atom stereocenters. The summed E-state index contributed by atoms with van der Waals surface area (Å²) in [5, 5.41) is 0.889. The molecule has 22 heavy (non-hydrogen) atoms. The molecule has 0 aliphatic carbocycles. The number of ether oxygens (including phenoxy) is 1. The smallest absolute Gasteiger partial charge is 0.256 e. The number of nitrogens with one attached hydrogen (secondary N) is 1. The average Bonchev–Trinajstić information content (AvgIpc) is 2.97. The Hall–Kier alpha value is -2.50. The monoisotopic (exact) mass is 301 g/mol. The van der Waals surface area contributed by atoms with Crippen molar-refractivity contribution in [1.29, 1.82) is 0 Å². The third-order valence-electron chi connectivity index (χ3n) is 4.13. The van der Waals surface area contributed by atoms with E-state index in [0.717, 1.165) is 16.7 Å². The van der Waals surface area contributed by atoms with Crippen LogP contribution < -0.4 is 4.74 Å². The van der Waals surface area contributed by atoms with Crippen LogP contribution in [0.1, 0.15) is 17.3 Å². The van der Waals surface area contributed by atoms with Crippen molar-refractivity contribution in [3.63, 3.8) is 0 Å². The molecule has 0 saturated carbocycles. The lowest BCUT2D eigenvalue weighted by atomic mass is 10.1. The largest absolute Gasteiger partial charge is 0.497 e. The Morgan fingerprint density at radius 2 is 1.82 bits per heavy atom. The first-order chi connectivity index (χ1) is 10.6. The van der Waals surface area contributed by atoms with E-state index in [4.69, 9.17) is 4.74 Å². The van der Waals surface area contributed by atoms with E-state index >= 15 is 0 Å². The van der Waals surface area contributed by atoms with Gasteiger partial charge in [-0.3, -0.25) is 9.59 Å². The van der Waals surface area contributed by atoms with Gasteiger partial charge in [0.15, 0.2) is 0 Å². The molecule has 0 spiro atoms. The van der Waals surface area contributed by atoms with Gasteiger partial charge in [0.1, 0.15) is 5.75 Å². The number of amides is 2. The maximum absolute atomic E-state index is 12.7. The molecule has 3 rings (SSSR count). The first-order valence-electron chi connectivity index (χ1n) is 7.30. The molecular formula is C16H19N3O3. The number of H-pyrrole nitrogens is 1. The second-order valence-electron chi connectivity index (χ2n) is 5.41. The first kappa shape index (κ1) is 14.4. The Morgan fingerprint density at radius 1 is 1.14 bits per heavy atom. The minimum Gasteiger partial charge on any atom is -0.497 e. The quantitative estimate of drug-likeness (QED) is 0.913. The van der Waals surface area contributed by atoms with E-state index < -0.39 is 0 Å². The summed E-state index contributed by atoms with van der Waals surface area (Å²) in [5.41, 5.74) is 1.54. The van der Waals surface area contributed by atoms with Crippen LogP contribution in [0.25, 0.3) is 10.9 Å². The van der Waals surface area contributed by atoms with E-state index in [0.29, 0.717) is 31.7 Å². The molecule has 0 bridgehead atoms. The summed E-state index contributed by atoms with van der Waals surface area (Å²) in [5.74, 6) is 0.814. The minimum absolute atomic E-state index is 0.000353. The van der Waals surface area contributed by atoms with E-state index in [9.17, 15) is 9.59 Å². The number of hydrogen-bond acceptors (Lipinski definition) is 3. The van der Waals surface area contributed by atoms with Gasteiger partial charge in [-0.25, -0.2) is 0 Å². The van der Waals surface area contributed by atoms with Gasteiger partial charge in [-0.1, -0.05) is 0 Å². The van der Waals surface area contributed by atoms with Gasteiger partial charge in [-0.15, -0.1) is 0 Å². The summed E-state index contributed by atoms with van der Waals surface area (Å²) in [6.07, 6.45) is 1.74. The van der Waals surface area contributed by atoms with Gasteiger partial charge in [0.25, 0.3) is 5.91 Å². The second kappa shape index (κ2) is 5.71. The summed E-state index contributed by atoms with van der Waals surface area (Å²) < 4.78 is 5.19. The van der Waals surface area contributed by atoms with Crippen LogP contribution in [0.4, 0.5) is 0 Å². The predicted octanol–water partition coefficient (Wildman–Crippen LogP) is 1.48. The molecule has 1 aliphatic heterocycles. The van der Waals surface area contributed by atoms with Crippen molar-refractivity contribution >= 4 is 22.7 Å². The van der Waals surface area contributed by atoms with E-state index in [1.165, 1.54) is 0 Å². The number of fused-ring (bicyclic) bond motifs is 1. The number of aromatic amines is 1. The number of methoxy groups -OCH3 is 1. The number of aromatic nitrogens is 1. The molecule has 1 fully saturated rings. The predicted molar refractivity (Wildman–Crippen MR) is 83.0 cm³/mol. The molecule has 6 heteroatoms. The molecule has 1 N–H and O–H groups in total. The van der Waals surface area contributed by atoms with Crippen molar-refractivity contribution in [2.24, 2.45) is 0 Å². The maximum atomic E-state index is 12.7. The SMILES string of the molecule is COc1ccc2c(C(=O)N3CCN(C(C)=O)CC3)c[nH]c2c1. The molecule has 2 aromatic rings. The third kappa shape index (κ3) is 2.52. The maximum Gasteiger partial charge on any atom is 0.256 e. The Labute approximate surface area is 128 Å². The van der Waals surface area contributed by atoms with Crippen LogP contribution >= 0.6 is 0 Å². The Morgan fingerprint density at radius 3 is 2.45 bits per heavy atom. The van der Waals surface area contributed by atoms with E-state index in [1.54, 1.807) is 30.0 Å². The van der Waals surface area contributed by atoms with Crippen molar-refractivity contribution in [1.82, 2.24) is 14.8 Å². The van der Waals surface area contributed by atoms with Crippen LogP contribution in [0.15, 0.2) is 24.4 Å². The first-order valence-corrected chi connectivity index (χ1v) is 7.30. The van der Waals surface area contributed by atoms with Crippen LogP contribution in [0.3, 0.4) is 0 Å².